The Morgan fingerprint density at radius 1 is 1.22 bits per heavy atom. The van der Waals surface area contributed by atoms with Crippen LogP contribution in [-0.4, -0.2) is 13.2 Å². The molecule has 0 saturated carbocycles. The largest absolute Gasteiger partial charge is 0.494 e. The van der Waals surface area contributed by atoms with Crippen LogP contribution in [0.15, 0.2) is 35.9 Å². The first-order valence-corrected chi connectivity index (χ1v) is 6.78. The second-order valence-corrected chi connectivity index (χ2v) is 4.68. The maximum Gasteiger partial charge on any atom is 0.119 e. The van der Waals surface area contributed by atoms with E-state index in [0.717, 1.165) is 18.7 Å². The van der Waals surface area contributed by atoms with Gasteiger partial charge in [0.05, 0.1) is 12.6 Å². The Kier molecular flexibility index (Phi) is 6.51. The molecule has 0 aliphatic carbocycles. The molecule has 100 valence electrons. The predicted octanol–water partition coefficient (Wildman–Crippen LogP) is 4.09. The Labute approximate surface area is 111 Å². The Morgan fingerprint density at radius 3 is 2.39 bits per heavy atom. The summed E-state index contributed by atoms with van der Waals surface area (Å²) in [6, 6.07) is 8.65. The molecule has 0 fully saturated rings. The Morgan fingerprint density at radius 2 is 1.89 bits per heavy atom. The summed E-state index contributed by atoms with van der Waals surface area (Å²) >= 11 is 0. The molecule has 1 rings (SSSR count). The van der Waals surface area contributed by atoms with Gasteiger partial charge in [-0.2, -0.15) is 0 Å². The lowest BCUT2D eigenvalue weighted by molar-refractivity contribution is 0.340. The second-order valence-electron chi connectivity index (χ2n) is 4.68. The highest BCUT2D eigenvalue weighted by atomic mass is 16.5. The molecule has 0 heterocycles. The fourth-order valence-electron chi connectivity index (χ4n) is 1.84. The van der Waals surface area contributed by atoms with Crippen molar-refractivity contribution in [1.29, 1.82) is 0 Å². The molecule has 0 aliphatic heterocycles. The molecule has 0 bridgehead atoms. The van der Waals surface area contributed by atoms with E-state index in [1.54, 1.807) is 0 Å². The van der Waals surface area contributed by atoms with Crippen LogP contribution < -0.4 is 10.1 Å². The molecule has 2 nitrogen and oxygen atoms in total. The van der Waals surface area contributed by atoms with Crippen LogP contribution in [0.4, 0.5) is 0 Å². The molecule has 1 atom stereocenters. The molecular formula is C16H25NO. The Balaban J connectivity index is 2.80. The third kappa shape index (κ3) is 4.92. The van der Waals surface area contributed by atoms with Gasteiger partial charge < -0.3 is 10.1 Å². The summed E-state index contributed by atoms with van der Waals surface area (Å²) in [6.45, 7) is 10.2. The lowest BCUT2D eigenvalue weighted by Gasteiger charge is -2.16. The van der Waals surface area contributed by atoms with Gasteiger partial charge in [0.2, 0.25) is 0 Å². The lowest BCUT2D eigenvalue weighted by Crippen LogP contribution is -2.20. The van der Waals surface area contributed by atoms with Crippen LogP contribution in [0.1, 0.15) is 45.7 Å². The predicted molar refractivity (Wildman–Crippen MR) is 78.1 cm³/mol. The standard InChI is InChI=1S/C16H25NO/c1-5-11-17-16(12-13(3)4)14-7-9-15(10-8-14)18-6-2/h7-10,12,16-17H,5-6,11H2,1-4H3. The van der Waals surface area contributed by atoms with Gasteiger partial charge in [0.25, 0.3) is 0 Å². The minimum absolute atomic E-state index is 0.297. The van der Waals surface area contributed by atoms with Gasteiger partial charge in [0, 0.05) is 0 Å². The summed E-state index contributed by atoms with van der Waals surface area (Å²) < 4.78 is 5.47. The second kappa shape index (κ2) is 7.93. The van der Waals surface area contributed by atoms with Crippen molar-refractivity contribution in [2.24, 2.45) is 0 Å². The maximum atomic E-state index is 5.47. The van der Waals surface area contributed by atoms with Gasteiger partial charge in [-0.05, 0) is 51.4 Å². The zero-order valence-electron chi connectivity index (χ0n) is 12.0. The van der Waals surface area contributed by atoms with Crippen molar-refractivity contribution in [2.75, 3.05) is 13.2 Å². The average Bonchev–Trinajstić information content (AvgIpc) is 2.35. The Hall–Kier alpha value is -1.28. The van der Waals surface area contributed by atoms with Gasteiger partial charge in [-0.3, -0.25) is 0 Å². The number of benzene rings is 1. The van der Waals surface area contributed by atoms with Crippen LogP contribution in [0.2, 0.25) is 0 Å². The highest BCUT2D eigenvalue weighted by Crippen LogP contribution is 2.20. The molecule has 18 heavy (non-hydrogen) atoms. The van der Waals surface area contributed by atoms with E-state index in [1.165, 1.54) is 11.1 Å². The van der Waals surface area contributed by atoms with Crippen molar-refractivity contribution in [2.45, 2.75) is 40.2 Å². The summed E-state index contributed by atoms with van der Waals surface area (Å²) in [5, 5.41) is 3.55. The van der Waals surface area contributed by atoms with Crippen LogP contribution in [0, 0.1) is 0 Å². The van der Waals surface area contributed by atoms with Gasteiger partial charge >= 0.3 is 0 Å². The van der Waals surface area contributed by atoms with E-state index < -0.39 is 0 Å². The quantitative estimate of drug-likeness (QED) is 0.733. The smallest absolute Gasteiger partial charge is 0.119 e. The fourth-order valence-corrected chi connectivity index (χ4v) is 1.84. The molecule has 0 saturated heterocycles. The molecule has 0 amide bonds. The van der Waals surface area contributed by atoms with Gasteiger partial charge in [0.15, 0.2) is 0 Å². The first-order chi connectivity index (χ1) is 8.67. The average molecular weight is 247 g/mol. The highest BCUT2D eigenvalue weighted by Gasteiger charge is 2.07. The summed E-state index contributed by atoms with van der Waals surface area (Å²) in [5.74, 6) is 0.938. The zero-order valence-corrected chi connectivity index (χ0v) is 12.0. The van der Waals surface area contributed by atoms with Crippen LogP contribution in [0.25, 0.3) is 0 Å². The third-order valence-electron chi connectivity index (χ3n) is 2.66. The van der Waals surface area contributed by atoms with Gasteiger partial charge in [-0.1, -0.05) is 30.7 Å². The van der Waals surface area contributed by atoms with E-state index >= 15 is 0 Å². The number of hydrogen-bond donors (Lipinski definition) is 1. The van der Waals surface area contributed by atoms with Crippen LogP contribution >= 0.6 is 0 Å². The van der Waals surface area contributed by atoms with Crippen molar-refractivity contribution in [3.63, 3.8) is 0 Å². The molecule has 0 aromatic heterocycles. The minimum atomic E-state index is 0.297. The Bertz CT molecular complexity index is 363. The van der Waals surface area contributed by atoms with Crippen LogP contribution in [0.3, 0.4) is 0 Å². The lowest BCUT2D eigenvalue weighted by atomic mass is 10.0. The first-order valence-electron chi connectivity index (χ1n) is 6.78. The van der Waals surface area contributed by atoms with E-state index in [0.29, 0.717) is 12.6 Å². The van der Waals surface area contributed by atoms with Gasteiger partial charge in [-0.15, -0.1) is 0 Å². The number of nitrogens with one attached hydrogen (secondary N) is 1. The van der Waals surface area contributed by atoms with Gasteiger partial charge in [0.1, 0.15) is 5.75 Å². The van der Waals surface area contributed by atoms with E-state index in [-0.39, 0.29) is 0 Å². The first kappa shape index (κ1) is 14.8. The number of ether oxygens (including phenoxy) is 1. The molecular weight excluding hydrogens is 222 g/mol. The normalized spacial score (nSPS) is 12.0. The molecule has 1 N–H and O–H groups in total. The van der Waals surface area contributed by atoms with Crippen molar-refractivity contribution >= 4 is 0 Å². The summed E-state index contributed by atoms with van der Waals surface area (Å²) in [4.78, 5) is 0. The minimum Gasteiger partial charge on any atom is -0.494 e. The summed E-state index contributed by atoms with van der Waals surface area (Å²) in [6.07, 6.45) is 3.41. The highest BCUT2D eigenvalue weighted by molar-refractivity contribution is 5.31. The zero-order chi connectivity index (χ0) is 13.4. The molecule has 0 spiro atoms. The molecule has 1 unspecified atom stereocenters. The van der Waals surface area contributed by atoms with Crippen molar-refractivity contribution in [3.05, 3.63) is 41.5 Å². The molecule has 0 radical (unpaired) electrons. The maximum absolute atomic E-state index is 5.47. The van der Waals surface area contributed by atoms with E-state index in [4.69, 9.17) is 4.74 Å². The molecule has 0 aliphatic rings. The molecule has 1 aromatic carbocycles. The van der Waals surface area contributed by atoms with E-state index in [9.17, 15) is 0 Å². The van der Waals surface area contributed by atoms with Crippen molar-refractivity contribution in [3.8, 4) is 5.75 Å². The van der Waals surface area contributed by atoms with Crippen LogP contribution in [0.5, 0.6) is 5.75 Å². The van der Waals surface area contributed by atoms with Crippen molar-refractivity contribution < 1.29 is 4.74 Å². The summed E-state index contributed by atoms with van der Waals surface area (Å²) in [7, 11) is 0. The third-order valence-corrected chi connectivity index (χ3v) is 2.66. The molecule has 1 aromatic rings. The van der Waals surface area contributed by atoms with Crippen LogP contribution in [-0.2, 0) is 0 Å². The van der Waals surface area contributed by atoms with E-state index in [2.05, 4.69) is 44.3 Å². The SMILES string of the molecule is CCCNC(C=C(C)C)c1ccc(OCC)cc1. The summed E-state index contributed by atoms with van der Waals surface area (Å²) in [5.41, 5.74) is 2.62. The number of rotatable bonds is 7. The van der Waals surface area contributed by atoms with E-state index in [1.807, 2.05) is 19.1 Å². The van der Waals surface area contributed by atoms with Crippen molar-refractivity contribution in [1.82, 2.24) is 5.32 Å². The number of hydrogen-bond acceptors (Lipinski definition) is 2. The monoisotopic (exact) mass is 247 g/mol. The molecule has 2 heteroatoms. The van der Waals surface area contributed by atoms with Gasteiger partial charge in [-0.25, -0.2) is 0 Å². The topological polar surface area (TPSA) is 21.3 Å². The number of allylic oxidation sites excluding steroid dienone is 1. The fraction of sp³-hybridized carbons (Fsp3) is 0.500.